The minimum absolute atomic E-state index is 0.0352. The lowest BCUT2D eigenvalue weighted by Crippen LogP contribution is -2.34. The van der Waals surface area contributed by atoms with Crippen LogP contribution >= 0.6 is 0 Å². The number of aryl methyl sites for hydroxylation is 1. The lowest BCUT2D eigenvalue weighted by Gasteiger charge is -2.14. The Bertz CT molecular complexity index is 521. The summed E-state index contributed by atoms with van der Waals surface area (Å²) < 4.78 is 0. The fourth-order valence-electron chi connectivity index (χ4n) is 2.34. The number of rotatable bonds is 6. The van der Waals surface area contributed by atoms with Gasteiger partial charge >= 0.3 is 0 Å². The second kappa shape index (κ2) is 7.14. The third kappa shape index (κ3) is 4.51. The highest BCUT2D eigenvalue weighted by molar-refractivity contribution is 5.76. The predicted octanol–water partition coefficient (Wildman–Crippen LogP) is 0.224. The van der Waals surface area contributed by atoms with Gasteiger partial charge in [0, 0.05) is 44.1 Å². The summed E-state index contributed by atoms with van der Waals surface area (Å²) in [5, 5.41) is 26.1. The van der Waals surface area contributed by atoms with E-state index in [4.69, 9.17) is 0 Å². The third-order valence-corrected chi connectivity index (χ3v) is 3.63. The Balaban J connectivity index is 1.76. The molecule has 1 amide bonds. The molecule has 0 bridgehead atoms. The van der Waals surface area contributed by atoms with E-state index in [1.165, 1.54) is 12.1 Å². The Morgan fingerprint density at radius 2 is 2.29 bits per heavy atom. The average Bonchev–Trinajstić information content (AvgIpc) is 2.88. The molecular weight excluding hydrogens is 274 g/mol. The van der Waals surface area contributed by atoms with Crippen LogP contribution in [0, 0.1) is 16.0 Å². The number of nitro groups is 1. The van der Waals surface area contributed by atoms with Gasteiger partial charge in [0.15, 0.2) is 0 Å². The number of aliphatic hydroxyl groups is 1. The van der Waals surface area contributed by atoms with Gasteiger partial charge in [-0.3, -0.25) is 14.9 Å². The molecule has 1 aromatic carbocycles. The van der Waals surface area contributed by atoms with Gasteiger partial charge in [-0.25, -0.2) is 0 Å². The van der Waals surface area contributed by atoms with Crippen molar-refractivity contribution in [3.8, 4) is 0 Å². The van der Waals surface area contributed by atoms with Gasteiger partial charge in [0.1, 0.15) is 0 Å². The molecule has 2 unspecified atom stereocenters. The number of hydrogen-bond donors (Lipinski definition) is 3. The molecule has 114 valence electrons. The van der Waals surface area contributed by atoms with Crippen molar-refractivity contribution >= 4 is 11.6 Å². The minimum Gasteiger partial charge on any atom is -0.391 e. The Morgan fingerprint density at radius 1 is 1.48 bits per heavy atom. The summed E-state index contributed by atoms with van der Waals surface area (Å²) in [6, 6.07) is 6.30. The SMILES string of the molecule is O=C(CCc1cccc([N+](=O)[O-])c1)NCC1CNCC1O. The molecule has 3 N–H and O–H groups in total. The molecule has 0 saturated carbocycles. The molecule has 0 radical (unpaired) electrons. The summed E-state index contributed by atoms with van der Waals surface area (Å²) >= 11 is 0. The smallest absolute Gasteiger partial charge is 0.269 e. The number of nitrogens with zero attached hydrogens (tertiary/aromatic N) is 1. The quantitative estimate of drug-likeness (QED) is 0.514. The van der Waals surface area contributed by atoms with Gasteiger partial charge in [0.25, 0.3) is 5.69 Å². The summed E-state index contributed by atoms with van der Waals surface area (Å²) in [6.45, 7) is 1.71. The molecule has 0 aromatic heterocycles. The zero-order valence-corrected chi connectivity index (χ0v) is 11.6. The summed E-state index contributed by atoms with van der Waals surface area (Å²) in [4.78, 5) is 22.0. The van der Waals surface area contributed by atoms with Crippen LogP contribution in [-0.4, -0.2) is 41.7 Å². The van der Waals surface area contributed by atoms with E-state index in [0.29, 0.717) is 26.1 Å². The lowest BCUT2D eigenvalue weighted by atomic mass is 10.1. The van der Waals surface area contributed by atoms with Gasteiger partial charge in [-0.1, -0.05) is 12.1 Å². The topological polar surface area (TPSA) is 104 Å². The Labute approximate surface area is 122 Å². The van der Waals surface area contributed by atoms with E-state index < -0.39 is 11.0 Å². The maximum atomic E-state index is 11.8. The van der Waals surface area contributed by atoms with Crippen molar-refractivity contribution in [1.29, 1.82) is 0 Å². The molecule has 1 heterocycles. The monoisotopic (exact) mass is 293 g/mol. The molecule has 1 aliphatic rings. The van der Waals surface area contributed by atoms with Crippen molar-refractivity contribution in [2.24, 2.45) is 5.92 Å². The van der Waals surface area contributed by atoms with Crippen LogP contribution in [0.2, 0.25) is 0 Å². The number of nitro benzene ring substituents is 1. The van der Waals surface area contributed by atoms with E-state index in [9.17, 15) is 20.0 Å². The standard InChI is InChI=1S/C14H19N3O4/c18-13-9-15-7-11(13)8-16-14(19)5-4-10-2-1-3-12(6-10)17(20)21/h1-3,6,11,13,15,18H,4-5,7-9H2,(H,16,19). The van der Waals surface area contributed by atoms with Crippen LogP contribution in [-0.2, 0) is 11.2 Å². The molecule has 7 nitrogen and oxygen atoms in total. The van der Waals surface area contributed by atoms with Crippen LogP contribution in [0.5, 0.6) is 0 Å². The van der Waals surface area contributed by atoms with Gasteiger partial charge in [-0.2, -0.15) is 0 Å². The number of β-amino-alcohol motifs (C(OH)–C–C–N with tert-alkyl or cyclic N) is 1. The molecule has 1 saturated heterocycles. The zero-order valence-electron chi connectivity index (χ0n) is 11.6. The van der Waals surface area contributed by atoms with E-state index in [1.807, 2.05) is 0 Å². The molecule has 1 aromatic rings. The second-order valence-corrected chi connectivity index (χ2v) is 5.22. The van der Waals surface area contributed by atoms with Crippen molar-refractivity contribution in [2.75, 3.05) is 19.6 Å². The lowest BCUT2D eigenvalue weighted by molar-refractivity contribution is -0.384. The molecule has 0 spiro atoms. The van der Waals surface area contributed by atoms with E-state index in [2.05, 4.69) is 10.6 Å². The van der Waals surface area contributed by atoms with Gasteiger partial charge in [0.05, 0.1) is 11.0 Å². The van der Waals surface area contributed by atoms with Crippen LogP contribution < -0.4 is 10.6 Å². The highest BCUT2D eigenvalue weighted by Gasteiger charge is 2.24. The van der Waals surface area contributed by atoms with Crippen molar-refractivity contribution in [1.82, 2.24) is 10.6 Å². The summed E-state index contributed by atoms with van der Waals surface area (Å²) in [6.07, 6.45) is 0.318. The maximum Gasteiger partial charge on any atom is 0.269 e. The molecule has 1 fully saturated rings. The minimum atomic E-state index is -0.446. The normalized spacial score (nSPS) is 21.2. The zero-order chi connectivity index (χ0) is 15.2. The highest BCUT2D eigenvalue weighted by Crippen LogP contribution is 2.14. The first kappa shape index (κ1) is 15.4. The first-order chi connectivity index (χ1) is 10.1. The number of non-ortho nitro benzene ring substituents is 1. The van der Waals surface area contributed by atoms with Crippen LogP contribution in [0.3, 0.4) is 0 Å². The number of benzene rings is 1. The third-order valence-electron chi connectivity index (χ3n) is 3.63. The highest BCUT2D eigenvalue weighted by atomic mass is 16.6. The number of aliphatic hydroxyl groups excluding tert-OH is 1. The largest absolute Gasteiger partial charge is 0.391 e. The molecule has 2 atom stereocenters. The van der Waals surface area contributed by atoms with Crippen molar-refractivity contribution in [3.63, 3.8) is 0 Å². The summed E-state index contributed by atoms with van der Waals surface area (Å²) in [7, 11) is 0. The van der Waals surface area contributed by atoms with Gasteiger partial charge in [-0.15, -0.1) is 0 Å². The number of amides is 1. The summed E-state index contributed by atoms with van der Waals surface area (Å²) in [5.74, 6) is -0.0626. The molecule has 21 heavy (non-hydrogen) atoms. The number of carbonyl (C=O) groups excluding carboxylic acids is 1. The van der Waals surface area contributed by atoms with E-state index >= 15 is 0 Å². The van der Waals surface area contributed by atoms with Crippen LogP contribution in [0.25, 0.3) is 0 Å². The molecule has 0 aliphatic carbocycles. The van der Waals surface area contributed by atoms with Gasteiger partial charge < -0.3 is 15.7 Å². The van der Waals surface area contributed by atoms with Crippen molar-refractivity contribution in [3.05, 3.63) is 39.9 Å². The van der Waals surface area contributed by atoms with E-state index in [1.54, 1.807) is 12.1 Å². The van der Waals surface area contributed by atoms with E-state index in [0.717, 1.165) is 5.56 Å². The molecule has 1 aliphatic heterocycles. The van der Waals surface area contributed by atoms with Crippen LogP contribution in [0.1, 0.15) is 12.0 Å². The van der Waals surface area contributed by atoms with E-state index in [-0.39, 0.29) is 23.9 Å². The fourth-order valence-corrected chi connectivity index (χ4v) is 2.34. The predicted molar refractivity (Wildman–Crippen MR) is 76.8 cm³/mol. The first-order valence-corrected chi connectivity index (χ1v) is 6.95. The molecule has 2 rings (SSSR count). The Hall–Kier alpha value is -1.99. The second-order valence-electron chi connectivity index (χ2n) is 5.22. The van der Waals surface area contributed by atoms with Crippen LogP contribution in [0.15, 0.2) is 24.3 Å². The van der Waals surface area contributed by atoms with Crippen LogP contribution in [0.4, 0.5) is 5.69 Å². The number of nitrogens with one attached hydrogen (secondary N) is 2. The Morgan fingerprint density at radius 3 is 2.95 bits per heavy atom. The average molecular weight is 293 g/mol. The molecular formula is C14H19N3O4. The Kier molecular flexibility index (Phi) is 5.24. The van der Waals surface area contributed by atoms with Gasteiger partial charge in [-0.05, 0) is 12.0 Å². The van der Waals surface area contributed by atoms with Crippen molar-refractivity contribution in [2.45, 2.75) is 18.9 Å². The maximum absolute atomic E-state index is 11.8. The first-order valence-electron chi connectivity index (χ1n) is 6.95. The van der Waals surface area contributed by atoms with Crippen molar-refractivity contribution < 1.29 is 14.8 Å². The fraction of sp³-hybridized carbons (Fsp3) is 0.500. The van der Waals surface area contributed by atoms with Gasteiger partial charge in [0.2, 0.25) is 5.91 Å². The number of carbonyl (C=O) groups is 1. The summed E-state index contributed by atoms with van der Waals surface area (Å²) in [5.41, 5.74) is 0.801. The molecule has 7 heteroatoms. The number of hydrogen-bond acceptors (Lipinski definition) is 5.